The first-order valence-corrected chi connectivity index (χ1v) is 9.94. The van der Waals surface area contributed by atoms with Gasteiger partial charge in [-0.2, -0.15) is 0 Å². The van der Waals surface area contributed by atoms with Gasteiger partial charge in [0.2, 0.25) is 11.8 Å². The quantitative estimate of drug-likeness (QED) is 0.311. The van der Waals surface area contributed by atoms with Gasteiger partial charge in [0.15, 0.2) is 10.7 Å². The number of carbonyl (C=O) groups excluding carboxylic acids is 1. The van der Waals surface area contributed by atoms with Gasteiger partial charge in [0.25, 0.3) is 0 Å². The van der Waals surface area contributed by atoms with Gasteiger partial charge < -0.3 is 14.8 Å². The summed E-state index contributed by atoms with van der Waals surface area (Å²) < 4.78 is 5.77. The molecule has 1 heterocycles. The molecule has 3 N–H and O–H groups in total. The van der Waals surface area contributed by atoms with Crippen LogP contribution in [0.3, 0.4) is 0 Å². The monoisotopic (exact) mass is 429 g/mol. The Bertz CT molecular complexity index is 1300. The maximum absolute atomic E-state index is 12.0. The number of aryl methyl sites for hydroxylation is 1. The first-order valence-electron chi connectivity index (χ1n) is 9.53. The highest BCUT2D eigenvalue weighted by atomic mass is 32.1. The fraction of sp³-hybridized carbons (Fsp3) is 0.0417. The predicted molar refractivity (Wildman–Crippen MR) is 126 cm³/mol. The highest BCUT2D eigenvalue weighted by Crippen LogP contribution is 2.33. The number of benzene rings is 3. The highest BCUT2D eigenvalue weighted by molar-refractivity contribution is 7.80. The number of carbonyl (C=O) groups is 1. The third-order valence-electron chi connectivity index (χ3n) is 4.49. The summed E-state index contributed by atoms with van der Waals surface area (Å²) in [5.41, 5.74) is 4.32. The van der Waals surface area contributed by atoms with E-state index in [1.807, 2.05) is 55.5 Å². The first kappa shape index (κ1) is 20.3. The minimum atomic E-state index is -0.357. The van der Waals surface area contributed by atoms with Crippen molar-refractivity contribution in [1.82, 2.24) is 10.3 Å². The van der Waals surface area contributed by atoms with Crippen molar-refractivity contribution in [2.45, 2.75) is 6.92 Å². The van der Waals surface area contributed by atoms with Crippen molar-refractivity contribution < 1.29 is 14.3 Å². The number of hydrogen-bond donors (Lipinski definition) is 3. The number of oxazole rings is 1. The lowest BCUT2D eigenvalue weighted by Crippen LogP contribution is -2.32. The summed E-state index contributed by atoms with van der Waals surface area (Å²) in [4.78, 5) is 16.5. The van der Waals surface area contributed by atoms with Gasteiger partial charge in [-0.25, -0.2) is 4.98 Å². The molecule has 0 bridgehead atoms. The third kappa shape index (κ3) is 4.96. The predicted octanol–water partition coefficient (Wildman–Crippen LogP) is 5.04. The van der Waals surface area contributed by atoms with Gasteiger partial charge in [-0.3, -0.25) is 10.1 Å². The van der Waals surface area contributed by atoms with Crippen molar-refractivity contribution in [1.29, 1.82) is 0 Å². The van der Waals surface area contributed by atoms with Crippen LogP contribution < -0.4 is 10.6 Å². The SMILES string of the molecule is Cc1ccc2nc(-c3ccc(NC(=S)NC(=O)/C=C/c4ccccc4)cc3O)oc2c1. The summed E-state index contributed by atoms with van der Waals surface area (Å²) in [6, 6.07) is 20.1. The van der Waals surface area contributed by atoms with Crippen molar-refractivity contribution in [3.8, 4) is 17.2 Å². The molecular formula is C24H19N3O3S. The Kier molecular flexibility index (Phi) is 5.77. The second-order valence-electron chi connectivity index (χ2n) is 6.91. The molecule has 0 unspecified atom stereocenters. The Morgan fingerprint density at radius 3 is 2.68 bits per heavy atom. The second-order valence-corrected chi connectivity index (χ2v) is 7.32. The molecular weight excluding hydrogens is 410 g/mol. The molecule has 4 aromatic rings. The standard InChI is InChI=1S/C24H19N3O3S/c1-15-7-11-19-21(13-15)30-23(26-19)18-10-9-17(14-20(18)28)25-24(31)27-22(29)12-8-16-5-3-2-4-6-16/h2-14,28H,1H3,(H2,25,27,29,31)/b12-8+. The number of anilines is 1. The average Bonchev–Trinajstić information content (AvgIpc) is 3.15. The van der Waals surface area contributed by atoms with Gasteiger partial charge >= 0.3 is 0 Å². The molecule has 1 amide bonds. The summed E-state index contributed by atoms with van der Waals surface area (Å²) >= 11 is 5.18. The molecule has 0 aliphatic rings. The number of thiocarbonyl (C=S) groups is 1. The summed E-state index contributed by atoms with van der Waals surface area (Å²) in [5, 5.41) is 16.0. The van der Waals surface area contributed by atoms with Gasteiger partial charge in [0.1, 0.15) is 11.3 Å². The first-order chi connectivity index (χ1) is 15.0. The van der Waals surface area contributed by atoms with E-state index >= 15 is 0 Å². The molecule has 6 nitrogen and oxygen atoms in total. The lowest BCUT2D eigenvalue weighted by molar-refractivity contribution is -0.115. The molecule has 0 fully saturated rings. The number of amides is 1. The molecule has 0 aliphatic heterocycles. The number of phenols is 1. The summed E-state index contributed by atoms with van der Waals surface area (Å²) in [7, 11) is 0. The topological polar surface area (TPSA) is 87.4 Å². The van der Waals surface area contributed by atoms with E-state index in [9.17, 15) is 9.90 Å². The van der Waals surface area contributed by atoms with Gasteiger partial charge in [-0.05, 0) is 60.6 Å². The van der Waals surface area contributed by atoms with Crippen molar-refractivity contribution >= 4 is 46.1 Å². The number of hydrogen-bond acceptors (Lipinski definition) is 5. The van der Waals surface area contributed by atoms with E-state index in [4.69, 9.17) is 16.6 Å². The summed E-state index contributed by atoms with van der Waals surface area (Å²) in [6.45, 7) is 1.97. The molecule has 1 aromatic heterocycles. The van der Waals surface area contributed by atoms with E-state index in [2.05, 4.69) is 15.6 Å². The molecule has 0 radical (unpaired) electrons. The molecule has 7 heteroatoms. The van der Waals surface area contributed by atoms with Crippen LogP contribution in [0.2, 0.25) is 0 Å². The van der Waals surface area contributed by atoms with Gasteiger partial charge in [-0.1, -0.05) is 36.4 Å². The van der Waals surface area contributed by atoms with E-state index in [1.165, 1.54) is 12.1 Å². The van der Waals surface area contributed by atoms with E-state index < -0.39 is 0 Å². The maximum atomic E-state index is 12.0. The molecule has 154 valence electrons. The Labute approximate surface area is 184 Å². The molecule has 0 saturated carbocycles. The number of phenolic OH excluding ortho intramolecular Hbond substituents is 1. The van der Waals surface area contributed by atoms with E-state index in [1.54, 1.807) is 18.2 Å². The largest absolute Gasteiger partial charge is 0.507 e. The van der Waals surface area contributed by atoms with Crippen molar-refractivity contribution in [2.75, 3.05) is 5.32 Å². The normalized spacial score (nSPS) is 11.0. The number of rotatable bonds is 4. The molecule has 0 atom stereocenters. The maximum Gasteiger partial charge on any atom is 0.250 e. The fourth-order valence-corrected chi connectivity index (χ4v) is 3.21. The fourth-order valence-electron chi connectivity index (χ4n) is 2.99. The van der Waals surface area contributed by atoms with E-state index in [0.717, 1.165) is 16.6 Å². The van der Waals surface area contributed by atoms with Gasteiger partial charge in [0, 0.05) is 17.8 Å². The minimum absolute atomic E-state index is 0.0219. The van der Waals surface area contributed by atoms with Gasteiger partial charge in [-0.15, -0.1) is 0 Å². The number of aromatic nitrogens is 1. The van der Waals surface area contributed by atoms with Crippen LogP contribution in [0.25, 0.3) is 28.6 Å². The smallest absolute Gasteiger partial charge is 0.250 e. The Balaban J connectivity index is 1.42. The zero-order valence-electron chi connectivity index (χ0n) is 16.6. The molecule has 3 aromatic carbocycles. The second kappa shape index (κ2) is 8.81. The number of aromatic hydroxyl groups is 1. The molecule has 0 saturated heterocycles. The number of nitrogens with zero attached hydrogens (tertiary/aromatic N) is 1. The van der Waals surface area contributed by atoms with Crippen molar-refractivity contribution in [2.24, 2.45) is 0 Å². The number of nitrogens with one attached hydrogen (secondary N) is 2. The molecule has 31 heavy (non-hydrogen) atoms. The van der Waals surface area contributed by atoms with Crippen molar-refractivity contribution in [3.63, 3.8) is 0 Å². The zero-order valence-corrected chi connectivity index (χ0v) is 17.4. The molecule has 4 rings (SSSR count). The van der Waals surface area contributed by atoms with Crippen LogP contribution in [-0.4, -0.2) is 21.1 Å². The highest BCUT2D eigenvalue weighted by Gasteiger charge is 2.13. The van der Waals surface area contributed by atoms with E-state index in [-0.39, 0.29) is 16.8 Å². The van der Waals surface area contributed by atoms with Gasteiger partial charge in [0.05, 0.1) is 5.56 Å². The van der Waals surface area contributed by atoms with Crippen LogP contribution in [-0.2, 0) is 4.79 Å². The zero-order chi connectivity index (χ0) is 21.8. The molecule has 0 aliphatic carbocycles. The van der Waals surface area contributed by atoms with Crippen LogP contribution in [0, 0.1) is 6.92 Å². The summed E-state index contributed by atoms with van der Waals surface area (Å²) in [6.07, 6.45) is 3.10. The van der Waals surface area contributed by atoms with E-state index in [0.29, 0.717) is 22.7 Å². The summed E-state index contributed by atoms with van der Waals surface area (Å²) in [5.74, 6) is -0.0538. The van der Waals surface area contributed by atoms with Crippen LogP contribution in [0.5, 0.6) is 5.75 Å². The van der Waals surface area contributed by atoms with Crippen molar-refractivity contribution in [3.05, 3.63) is 83.9 Å². The lowest BCUT2D eigenvalue weighted by atomic mass is 10.2. The minimum Gasteiger partial charge on any atom is -0.507 e. The number of fused-ring (bicyclic) bond motifs is 1. The Morgan fingerprint density at radius 1 is 1.10 bits per heavy atom. The third-order valence-corrected chi connectivity index (χ3v) is 4.70. The van der Waals surface area contributed by atoms with Crippen LogP contribution in [0.4, 0.5) is 5.69 Å². The van der Waals surface area contributed by atoms with Crippen LogP contribution in [0.1, 0.15) is 11.1 Å². The Morgan fingerprint density at radius 2 is 1.90 bits per heavy atom. The lowest BCUT2D eigenvalue weighted by Gasteiger charge is -2.09. The Hall–Kier alpha value is -3.97. The van der Waals surface area contributed by atoms with Crippen LogP contribution >= 0.6 is 12.2 Å². The average molecular weight is 430 g/mol. The molecule has 0 spiro atoms. The van der Waals surface area contributed by atoms with Crippen LogP contribution in [0.15, 0.2) is 77.2 Å².